The number of benzene rings is 2. The Morgan fingerprint density at radius 1 is 1.09 bits per heavy atom. The van der Waals surface area contributed by atoms with Gasteiger partial charge in [-0.3, -0.25) is 10.1 Å². The lowest BCUT2D eigenvalue weighted by molar-refractivity contribution is 0.102. The summed E-state index contributed by atoms with van der Waals surface area (Å²) >= 11 is 0. The number of nitrogens with zero attached hydrogens (tertiary/aromatic N) is 3. The molecule has 3 aromatic rings. The first-order valence-electron chi connectivity index (χ1n) is 12.1. The van der Waals surface area contributed by atoms with Crippen molar-refractivity contribution in [3.8, 4) is 0 Å². The zero-order valence-electron chi connectivity index (χ0n) is 21.1. The van der Waals surface area contributed by atoms with Crippen LogP contribution in [0.15, 0.2) is 36.4 Å². The molecule has 6 nitrogen and oxygen atoms in total. The van der Waals surface area contributed by atoms with Crippen molar-refractivity contribution in [1.29, 1.82) is 0 Å². The Morgan fingerprint density at radius 2 is 1.76 bits per heavy atom. The Labute approximate surface area is 202 Å². The second-order valence-corrected chi connectivity index (χ2v) is 10.7. The maximum Gasteiger partial charge on any atom is 0.270 e. The molecule has 2 aromatic carbocycles. The van der Waals surface area contributed by atoms with E-state index in [1.807, 2.05) is 24.3 Å². The number of aryl methyl sites for hydroxylation is 1. The summed E-state index contributed by atoms with van der Waals surface area (Å²) in [5, 5.41) is 15.9. The van der Waals surface area contributed by atoms with E-state index in [0.717, 1.165) is 12.0 Å². The molecule has 0 saturated heterocycles. The average Bonchev–Trinajstić information content (AvgIpc) is 3.35. The molecule has 2 N–H and O–H groups in total. The third kappa shape index (κ3) is 4.81. The lowest BCUT2D eigenvalue weighted by atomic mass is 9.82. The van der Waals surface area contributed by atoms with Crippen molar-refractivity contribution in [3.05, 3.63) is 69.8 Å². The molecular formula is C28H35N5O. The predicted octanol–water partition coefficient (Wildman–Crippen LogP) is 6.31. The molecule has 6 heteroatoms. The van der Waals surface area contributed by atoms with Crippen LogP contribution in [0, 0.1) is 0 Å². The van der Waals surface area contributed by atoms with Crippen LogP contribution in [-0.2, 0) is 17.3 Å². The summed E-state index contributed by atoms with van der Waals surface area (Å²) in [6.07, 6.45) is 6.85. The fourth-order valence-electron chi connectivity index (χ4n) is 5.45. The number of tetrazole rings is 1. The van der Waals surface area contributed by atoms with Gasteiger partial charge in [-0.25, -0.2) is 0 Å². The molecule has 1 aromatic heterocycles. The molecule has 4 rings (SSSR count). The molecule has 1 heterocycles. The highest BCUT2D eigenvalue weighted by Crippen LogP contribution is 2.50. The number of carbonyl (C=O) groups excluding carboxylic acids is 1. The van der Waals surface area contributed by atoms with E-state index in [1.165, 1.54) is 47.1 Å². The Bertz CT molecular complexity index is 1200. The molecule has 0 saturated carbocycles. The van der Waals surface area contributed by atoms with Crippen LogP contribution in [0.5, 0.6) is 0 Å². The Balaban J connectivity index is 1.64. The summed E-state index contributed by atoms with van der Waals surface area (Å²) in [6.45, 7) is 13.9. The van der Waals surface area contributed by atoms with Crippen LogP contribution >= 0.6 is 0 Å². The molecule has 1 aliphatic carbocycles. The molecule has 0 atom stereocenters. The molecule has 0 fully saturated rings. The van der Waals surface area contributed by atoms with E-state index < -0.39 is 0 Å². The van der Waals surface area contributed by atoms with Crippen LogP contribution in [-0.4, -0.2) is 26.5 Å². The SMILES string of the molecule is CCCCc1cc2c(cc1C(C)=Cc1ccc(C(=O)Nc3nn[nH]n3)cc1)C(C)(C)CC2(C)C. The van der Waals surface area contributed by atoms with Crippen molar-refractivity contribution in [1.82, 2.24) is 20.6 Å². The van der Waals surface area contributed by atoms with Gasteiger partial charge in [-0.15, -0.1) is 5.10 Å². The van der Waals surface area contributed by atoms with Gasteiger partial charge < -0.3 is 0 Å². The normalized spacial score (nSPS) is 16.4. The number of anilines is 1. The number of fused-ring (bicyclic) bond motifs is 1. The van der Waals surface area contributed by atoms with E-state index in [-0.39, 0.29) is 22.7 Å². The maximum atomic E-state index is 12.4. The van der Waals surface area contributed by atoms with Gasteiger partial charge in [0.1, 0.15) is 0 Å². The van der Waals surface area contributed by atoms with Gasteiger partial charge in [-0.1, -0.05) is 76.5 Å². The van der Waals surface area contributed by atoms with Crippen LogP contribution in [0.2, 0.25) is 0 Å². The Kier molecular flexibility index (Phi) is 6.43. The molecule has 0 unspecified atom stereocenters. The number of hydrogen-bond donors (Lipinski definition) is 2. The number of hydrogen-bond acceptors (Lipinski definition) is 4. The first kappa shape index (κ1) is 23.9. The zero-order chi connectivity index (χ0) is 24.5. The number of aromatic amines is 1. The quantitative estimate of drug-likeness (QED) is 0.407. The van der Waals surface area contributed by atoms with Gasteiger partial charge >= 0.3 is 0 Å². The lowest BCUT2D eigenvalue weighted by Crippen LogP contribution is -2.18. The first-order valence-corrected chi connectivity index (χ1v) is 12.1. The van der Waals surface area contributed by atoms with Crippen molar-refractivity contribution >= 4 is 23.5 Å². The molecule has 0 bridgehead atoms. The van der Waals surface area contributed by atoms with Crippen LogP contribution in [0.25, 0.3) is 11.6 Å². The van der Waals surface area contributed by atoms with Gasteiger partial charge in [-0.05, 0) is 87.8 Å². The molecule has 178 valence electrons. The van der Waals surface area contributed by atoms with Gasteiger partial charge in [0, 0.05) is 5.56 Å². The minimum Gasteiger partial charge on any atom is -0.288 e. The second-order valence-electron chi connectivity index (χ2n) is 10.7. The van der Waals surface area contributed by atoms with Crippen LogP contribution in [0.1, 0.15) is 99.0 Å². The van der Waals surface area contributed by atoms with Crippen molar-refractivity contribution < 1.29 is 4.79 Å². The van der Waals surface area contributed by atoms with Gasteiger partial charge in [0.05, 0.1) is 0 Å². The fraction of sp³-hybridized carbons (Fsp3) is 0.429. The number of carbonyl (C=O) groups is 1. The highest BCUT2D eigenvalue weighted by atomic mass is 16.1. The molecule has 34 heavy (non-hydrogen) atoms. The predicted molar refractivity (Wildman–Crippen MR) is 138 cm³/mol. The van der Waals surface area contributed by atoms with E-state index >= 15 is 0 Å². The van der Waals surface area contributed by atoms with Gasteiger partial charge in [-0.2, -0.15) is 5.21 Å². The van der Waals surface area contributed by atoms with E-state index in [0.29, 0.717) is 5.56 Å². The van der Waals surface area contributed by atoms with Crippen molar-refractivity contribution in [2.45, 2.75) is 78.1 Å². The number of nitrogens with one attached hydrogen (secondary N) is 2. The maximum absolute atomic E-state index is 12.4. The summed E-state index contributed by atoms with van der Waals surface area (Å²) in [5.74, 6) is -0.105. The summed E-state index contributed by atoms with van der Waals surface area (Å²) in [6, 6.07) is 12.5. The Morgan fingerprint density at radius 3 is 2.38 bits per heavy atom. The fourth-order valence-corrected chi connectivity index (χ4v) is 5.45. The molecule has 1 amide bonds. The minimum absolute atomic E-state index is 0.159. The third-order valence-electron chi connectivity index (χ3n) is 6.94. The molecule has 0 aliphatic heterocycles. The smallest absolute Gasteiger partial charge is 0.270 e. The zero-order valence-corrected chi connectivity index (χ0v) is 21.1. The first-order chi connectivity index (χ1) is 16.1. The summed E-state index contributed by atoms with van der Waals surface area (Å²) in [5.41, 5.74) is 9.01. The number of allylic oxidation sites excluding steroid dienone is 1. The standard InChI is InChI=1S/C28H35N5O/c1-7-8-9-21-15-23-24(28(5,6)17-27(23,3)4)16-22(21)18(2)14-19-10-12-20(13-11-19)25(34)29-26-30-32-33-31-26/h10-16H,7-9,17H2,1-6H3,(H2,29,30,31,32,33,34). The van der Waals surface area contributed by atoms with Crippen molar-refractivity contribution in [3.63, 3.8) is 0 Å². The lowest BCUT2D eigenvalue weighted by Gasteiger charge is -2.22. The monoisotopic (exact) mass is 457 g/mol. The number of unbranched alkanes of at least 4 members (excludes halogenated alkanes) is 1. The largest absolute Gasteiger partial charge is 0.288 e. The third-order valence-corrected chi connectivity index (χ3v) is 6.94. The average molecular weight is 458 g/mol. The van der Waals surface area contributed by atoms with Gasteiger partial charge in [0.25, 0.3) is 11.9 Å². The highest BCUT2D eigenvalue weighted by Gasteiger charge is 2.42. The number of rotatable bonds is 7. The molecular weight excluding hydrogens is 422 g/mol. The van der Waals surface area contributed by atoms with E-state index in [4.69, 9.17) is 0 Å². The second kappa shape index (κ2) is 9.16. The summed E-state index contributed by atoms with van der Waals surface area (Å²) in [7, 11) is 0. The topological polar surface area (TPSA) is 83.6 Å². The number of H-pyrrole nitrogens is 1. The number of amides is 1. The van der Waals surface area contributed by atoms with Crippen molar-refractivity contribution in [2.24, 2.45) is 0 Å². The van der Waals surface area contributed by atoms with E-state index in [9.17, 15) is 4.79 Å². The van der Waals surface area contributed by atoms with Gasteiger partial charge in [0.15, 0.2) is 0 Å². The molecule has 0 spiro atoms. The van der Waals surface area contributed by atoms with Gasteiger partial charge in [0.2, 0.25) is 0 Å². The molecule has 1 aliphatic rings. The van der Waals surface area contributed by atoms with Crippen molar-refractivity contribution in [2.75, 3.05) is 5.32 Å². The summed E-state index contributed by atoms with van der Waals surface area (Å²) < 4.78 is 0. The Hall–Kier alpha value is -3.28. The minimum atomic E-state index is -0.265. The van der Waals surface area contributed by atoms with E-state index in [1.54, 1.807) is 0 Å². The number of aromatic nitrogens is 4. The molecule has 0 radical (unpaired) electrons. The van der Waals surface area contributed by atoms with Crippen LogP contribution in [0.4, 0.5) is 5.95 Å². The summed E-state index contributed by atoms with van der Waals surface area (Å²) in [4.78, 5) is 12.4. The van der Waals surface area contributed by atoms with Crippen LogP contribution in [0.3, 0.4) is 0 Å². The van der Waals surface area contributed by atoms with Crippen LogP contribution < -0.4 is 5.32 Å². The van der Waals surface area contributed by atoms with E-state index in [2.05, 4.69) is 85.7 Å². The highest BCUT2D eigenvalue weighted by molar-refractivity contribution is 6.03.